The van der Waals surface area contributed by atoms with Gasteiger partial charge in [-0.3, -0.25) is 0 Å². The van der Waals surface area contributed by atoms with E-state index in [0.717, 1.165) is 21.0 Å². The molecule has 1 aromatic heterocycles. The summed E-state index contributed by atoms with van der Waals surface area (Å²) in [7, 11) is 1.83. The van der Waals surface area contributed by atoms with E-state index in [1.54, 1.807) is 6.07 Å². The van der Waals surface area contributed by atoms with E-state index < -0.39 is 0 Å². The van der Waals surface area contributed by atoms with Gasteiger partial charge in [-0.05, 0) is 40.8 Å². The summed E-state index contributed by atoms with van der Waals surface area (Å²) in [6.45, 7) is 4.12. The third-order valence-electron chi connectivity index (χ3n) is 2.51. The third-order valence-corrected chi connectivity index (χ3v) is 3.18. The lowest BCUT2D eigenvalue weighted by molar-refractivity contribution is 0.457. The molecule has 0 aliphatic rings. The Kier molecular flexibility index (Phi) is 4.57. The summed E-state index contributed by atoms with van der Waals surface area (Å²) in [5, 5.41) is 3.03. The molecule has 100 valence electrons. The highest BCUT2D eigenvalue weighted by Crippen LogP contribution is 2.24. The molecule has 0 unspecified atom stereocenters. The first-order valence-corrected chi connectivity index (χ1v) is 7.16. The Morgan fingerprint density at radius 1 is 1.21 bits per heavy atom. The summed E-state index contributed by atoms with van der Waals surface area (Å²) in [4.78, 5) is 8.84. The lowest BCUT2D eigenvalue weighted by Gasteiger charge is -2.10. The number of ether oxygens (including phenoxy) is 1. The van der Waals surface area contributed by atoms with Crippen LogP contribution in [0.15, 0.2) is 30.3 Å². The molecule has 0 aliphatic heterocycles. The largest absolute Gasteiger partial charge is 0.439 e. The maximum absolute atomic E-state index is 5.80. The van der Waals surface area contributed by atoms with E-state index in [9.17, 15) is 0 Å². The van der Waals surface area contributed by atoms with Crippen LogP contribution in [0.2, 0.25) is 0 Å². The van der Waals surface area contributed by atoms with Crippen molar-refractivity contribution in [2.24, 2.45) is 0 Å². The van der Waals surface area contributed by atoms with Crippen molar-refractivity contribution in [3.05, 3.63) is 39.7 Å². The minimum Gasteiger partial charge on any atom is -0.439 e. The Morgan fingerprint density at radius 3 is 2.63 bits per heavy atom. The van der Waals surface area contributed by atoms with Crippen molar-refractivity contribution >= 4 is 28.4 Å². The molecule has 1 heterocycles. The second kappa shape index (κ2) is 6.18. The number of hydrogen-bond acceptors (Lipinski definition) is 4. The van der Waals surface area contributed by atoms with Gasteiger partial charge in [0.15, 0.2) is 0 Å². The van der Waals surface area contributed by atoms with E-state index in [-0.39, 0.29) is 5.92 Å². The monoisotopic (exact) mass is 369 g/mol. The number of nitrogens with zero attached hydrogens (tertiary/aromatic N) is 2. The summed E-state index contributed by atoms with van der Waals surface area (Å²) in [5.74, 6) is 3.13. The van der Waals surface area contributed by atoms with Gasteiger partial charge in [-0.25, -0.2) is 4.98 Å². The fourth-order valence-corrected chi connectivity index (χ4v) is 2.05. The molecule has 0 atom stereocenters. The molecule has 0 bridgehead atoms. The van der Waals surface area contributed by atoms with Crippen molar-refractivity contribution in [2.45, 2.75) is 19.8 Å². The van der Waals surface area contributed by atoms with Crippen LogP contribution in [0, 0.1) is 3.57 Å². The highest BCUT2D eigenvalue weighted by Gasteiger charge is 2.09. The Morgan fingerprint density at radius 2 is 2.00 bits per heavy atom. The van der Waals surface area contributed by atoms with Gasteiger partial charge in [0.05, 0.1) is 0 Å². The van der Waals surface area contributed by atoms with Crippen molar-refractivity contribution < 1.29 is 4.74 Å². The first-order valence-electron chi connectivity index (χ1n) is 6.08. The minimum atomic E-state index is 0.256. The smallest absolute Gasteiger partial charge is 0.224 e. The average Bonchev–Trinajstić information content (AvgIpc) is 2.38. The number of benzene rings is 1. The molecule has 19 heavy (non-hydrogen) atoms. The maximum atomic E-state index is 5.80. The lowest BCUT2D eigenvalue weighted by Crippen LogP contribution is -2.03. The van der Waals surface area contributed by atoms with E-state index in [1.165, 1.54) is 0 Å². The van der Waals surface area contributed by atoms with Gasteiger partial charge in [0.25, 0.3) is 0 Å². The Labute approximate surface area is 126 Å². The molecule has 0 amide bonds. The van der Waals surface area contributed by atoms with E-state index in [0.29, 0.717) is 5.88 Å². The topological polar surface area (TPSA) is 47.0 Å². The number of nitrogens with one attached hydrogen (secondary N) is 1. The maximum Gasteiger partial charge on any atom is 0.224 e. The van der Waals surface area contributed by atoms with Crippen LogP contribution in [0.3, 0.4) is 0 Å². The van der Waals surface area contributed by atoms with Gasteiger partial charge in [0.2, 0.25) is 5.88 Å². The Hall–Kier alpha value is -1.37. The van der Waals surface area contributed by atoms with Crippen LogP contribution in [0.4, 0.5) is 5.82 Å². The number of anilines is 1. The highest BCUT2D eigenvalue weighted by molar-refractivity contribution is 14.1. The summed E-state index contributed by atoms with van der Waals surface area (Å²) < 4.78 is 6.92. The molecular formula is C14H16IN3O. The molecule has 0 saturated carbocycles. The van der Waals surface area contributed by atoms with E-state index in [1.807, 2.05) is 31.3 Å². The Balaban J connectivity index is 2.31. The number of rotatable bonds is 4. The van der Waals surface area contributed by atoms with Crippen LogP contribution in [-0.4, -0.2) is 17.0 Å². The van der Waals surface area contributed by atoms with Gasteiger partial charge in [0.1, 0.15) is 17.4 Å². The minimum absolute atomic E-state index is 0.256. The summed E-state index contributed by atoms with van der Waals surface area (Å²) in [5.41, 5.74) is 0. The molecule has 0 fully saturated rings. The predicted octanol–water partition coefficient (Wildman–Crippen LogP) is 4.04. The molecule has 0 saturated heterocycles. The fourth-order valence-electron chi connectivity index (χ4n) is 1.53. The average molecular weight is 369 g/mol. The molecule has 1 N–H and O–H groups in total. The normalized spacial score (nSPS) is 10.6. The van der Waals surface area contributed by atoms with Gasteiger partial charge >= 0.3 is 0 Å². The van der Waals surface area contributed by atoms with Crippen LogP contribution in [-0.2, 0) is 0 Å². The first-order chi connectivity index (χ1) is 9.08. The van der Waals surface area contributed by atoms with Gasteiger partial charge in [-0.15, -0.1) is 0 Å². The van der Waals surface area contributed by atoms with E-state index >= 15 is 0 Å². The molecule has 0 radical (unpaired) electrons. The highest BCUT2D eigenvalue weighted by atomic mass is 127. The van der Waals surface area contributed by atoms with Crippen molar-refractivity contribution in [2.75, 3.05) is 12.4 Å². The van der Waals surface area contributed by atoms with Crippen molar-refractivity contribution in [1.82, 2.24) is 9.97 Å². The third kappa shape index (κ3) is 3.79. The van der Waals surface area contributed by atoms with Crippen molar-refractivity contribution in [3.63, 3.8) is 0 Å². The van der Waals surface area contributed by atoms with Gasteiger partial charge in [-0.1, -0.05) is 19.9 Å². The second-order valence-electron chi connectivity index (χ2n) is 4.41. The first kappa shape index (κ1) is 14.0. The SMILES string of the molecule is CNc1cc(Oc2cccc(I)c2)nc(C(C)C)n1. The van der Waals surface area contributed by atoms with Gasteiger partial charge < -0.3 is 10.1 Å². The summed E-state index contributed by atoms with van der Waals surface area (Å²) in [6, 6.07) is 9.66. The zero-order chi connectivity index (χ0) is 13.8. The molecule has 5 heteroatoms. The van der Waals surface area contributed by atoms with E-state index in [4.69, 9.17) is 4.74 Å². The van der Waals surface area contributed by atoms with Gasteiger partial charge in [0, 0.05) is 22.6 Å². The second-order valence-corrected chi connectivity index (χ2v) is 5.66. The molecule has 1 aromatic carbocycles. The molecule has 2 aromatic rings. The zero-order valence-corrected chi connectivity index (χ0v) is 13.3. The molecule has 2 rings (SSSR count). The Bertz CT molecular complexity index is 572. The van der Waals surface area contributed by atoms with Crippen LogP contribution in [0.25, 0.3) is 0 Å². The van der Waals surface area contributed by atoms with Crippen molar-refractivity contribution in [3.8, 4) is 11.6 Å². The number of halogens is 1. The standard InChI is InChI=1S/C14H16IN3O/c1-9(2)14-17-12(16-3)8-13(18-14)19-11-6-4-5-10(15)7-11/h4-9H,1-3H3,(H,16,17,18). The van der Waals surface area contributed by atoms with Crippen LogP contribution in [0.5, 0.6) is 11.6 Å². The molecule has 0 aliphatic carbocycles. The van der Waals surface area contributed by atoms with Crippen LogP contribution in [0.1, 0.15) is 25.6 Å². The quantitative estimate of drug-likeness (QED) is 0.827. The zero-order valence-electron chi connectivity index (χ0n) is 11.1. The predicted molar refractivity (Wildman–Crippen MR) is 84.9 cm³/mol. The van der Waals surface area contributed by atoms with Crippen LogP contribution < -0.4 is 10.1 Å². The fraction of sp³-hybridized carbons (Fsp3) is 0.286. The summed E-state index contributed by atoms with van der Waals surface area (Å²) >= 11 is 2.25. The number of aromatic nitrogens is 2. The molecule has 0 spiro atoms. The van der Waals surface area contributed by atoms with Crippen molar-refractivity contribution in [1.29, 1.82) is 0 Å². The van der Waals surface area contributed by atoms with E-state index in [2.05, 4.69) is 51.7 Å². The molecular weight excluding hydrogens is 353 g/mol. The van der Waals surface area contributed by atoms with Gasteiger partial charge in [-0.2, -0.15) is 4.98 Å². The summed E-state index contributed by atoms with van der Waals surface area (Å²) in [6.07, 6.45) is 0. The van der Waals surface area contributed by atoms with Crippen LogP contribution >= 0.6 is 22.6 Å². The molecule has 4 nitrogen and oxygen atoms in total. The lowest BCUT2D eigenvalue weighted by atomic mass is 10.2. The number of hydrogen-bond donors (Lipinski definition) is 1.